The van der Waals surface area contributed by atoms with Crippen molar-refractivity contribution in [3.8, 4) is 0 Å². The molecule has 2 aromatic rings. The second kappa shape index (κ2) is 4.32. The molecule has 1 atom stereocenters. The number of fused-ring (bicyclic) bond motifs is 3. The van der Waals surface area contributed by atoms with Crippen LogP contribution in [-0.2, 0) is 6.42 Å². The fourth-order valence-electron chi connectivity index (χ4n) is 2.79. The Hall–Kier alpha value is -0.870. The Labute approximate surface area is 117 Å². The molecule has 1 aromatic carbocycles. The predicted molar refractivity (Wildman–Crippen MR) is 70.1 cm³/mol. The van der Waals surface area contributed by atoms with E-state index < -0.39 is 12.1 Å². The molecule has 1 aliphatic carbocycles. The van der Waals surface area contributed by atoms with Gasteiger partial charge in [0.2, 0.25) is 0 Å². The lowest BCUT2D eigenvalue weighted by Gasteiger charge is -2.24. The third-order valence-electron chi connectivity index (χ3n) is 3.64. The smallest absolute Gasteiger partial charge is 0.358 e. The van der Waals surface area contributed by atoms with Crippen LogP contribution in [0, 0.1) is 0 Å². The van der Waals surface area contributed by atoms with Gasteiger partial charge in [0, 0.05) is 16.6 Å². The zero-order valence-corrected chi connectivity index (χ0v) is 11.3. The van der Waals surface area contributed by atoms with E-state index in [0.29, 0.717) is 28.4 Å². The standard InChI is InChI=1S/C13H10Cl2F3N/c14-9-4-7-6-2-1-3-8(13(16,17)18)12(6)19-11(7)5-10(9)15/h4-5,8,19H,1-3H2/t8-/m1/s1. The lowest BCUT2D eigenvalue weighted by molar-refractivity contribution is -0.154. The van der Waals surface area contributed by atoms with Crippen LogP contribution in [0.15, 0.2) is 12.1 Å². The minimum Gasteiger partial charge on any atom is -0.358 e. The number of alkyl halides is 3. The Morgan fingerprint density at radius 3 is 2.53 bits per heavy atom. The highest BCUT2D eigenvalue weighted by Crippen LogP contribution is 2.45. The first kappa shape index (κ1) is 13.1. The minimum absolute atomic E-state index is 0.130. The summed E-state index contributed by atoms with van der Waals surface area (Å²) in [6.07, 6.45) is -2.92. The summed E-state index contributed by atoms with van der Waals surface area (Å²) < 4.78 is 39.1. The summed E-state index contributed by atoms with van der Waals surface area (Å²) >= 11 is 11.8. The van der Waals surface area contributed by atoms with Crippen LogP contribution in [0.25, 0.3) is 10.9 Å². The number of aryl methyl sites for hydroxylation is 1. The molecule has 6 heteroatoms. The Balaban J connectivity index is 2.24. The van der Waals surface area contributed by atoms with Crippen molar-refractivity contribution in [2.75, 3.05) is 0 Å². The van der Waals surface area contributed by atoms with E-state index in [9.17, 15) is 13.2 Å². The van der Waals surface area contributed by atoms with Gasteiger partial charge in [-0.2, -0.15) is 13.2 Å². The van der Waals surface area contributed by atoms with E-state index in [0.717, 1.165) is 10.9 Å². The quantitative estimate of drug-likeness (QED) is 0.665. The average molecular weight is 308 g/mol. The highest BCUT2D eigenvalue weighted by atomic mass is 35.5. The van der Waals surface area contributed by atoms with E-state index in [2.05, 4.69) is 4.98 Å². The summed E-state index contributed by atoms with van der Waals surface area (Å²) in [5.41, 5.74) is 1.62. The van der Waals surface area contributed by atoms with Gasteiger partial charge < -0.3 is 4.98 Å². The summed E-state index contributed by atoms with van der Waals surface area (Å²) in [6.45, 7) is 0. The van der Waals surface area contributed by atoms with E-state index in [-0.39, 0.29) is 12.1 Å². The van der Waals surface area contributed by atoms with Crippen LogP contribution in [0.2, 0.25) is 10.0 Å². The molecule has 102 valence electrons. The van der Waals surface area contributed by atoms with Crippen LogP contribution in [0.3, 0.4) is 0 Å². The number of aromatic amines is 1. The second-order valence-corrected chi connectivity index (χ2v) is 5.63. The maximum atomic E-state index is 13.0. The van der Waals surface area contributed by atoms with Gasteiger partial charge >= 0.3 is 6.18 Å². The Bertz CT molecular complexity index is 645. The molecular formula is C13H10Cl2F3N. The van der Waals surface area contributed by atoms with Gasteiger partial charge in [0.15, 0.2) is 0 Å². The monoisotopic (exact) mass is 307 g/mol. The molecule has 0 saturated carbocycles. The molecule has 0 fully saturated rings. The molecule has 0 bridgehead atoms. The zero-order valence-electron chi connectivity index (χ0n) is 9.74. The first-order valence-corrected chi connectivity index (χ1v) is 6.69. The number of hydrogen-bond donors (Lipinski definition) is 1. The molecule has 1 heterocycles. The highest BCUT2D eigenvalue weighted by Gasteiger charge is 2.44. The van der Waals surface area contributed by atoms with Crippen molar-refractivity contribution >= 4 is 34.1 Å². The van der Waals surface area contributed by atoms with Crippen LogP contribution in [0.4, 0.5) is 13.2 Å². The molecule has 19 heavy (non-hydrogen) atoms. The second-order valence-electron chi connectivity index (χ2n) is 4.82. The molecule has 0 radical (unpaired) electrons. The maximum absolute atomic E-state index is 13.0. The van der Waals surface area contributed by atoms with Gasteiger partial charge in [-0.15, -0.1) is 0 Å². The lowest BCUT2D eigenvalue weighted by atomic mass is 9.86. The van der Waals surface area contributed by atoms with Crippen molar-refractivity contribution in [1.82, 2.24) is 4.98 Å². The first-order chi connectivity index (χ1) is 8.88. The van der Waals surface area contributed by atoms with Crippen LogP contribution in [-0.4, -0.2) is 11.2 Å². The summed E-state index contributed by atoms with van der Waals surface area (Å²) in [6, 6.07) is 3.23. The number of hydrogen-bond acceptors (Lipinski definition) is 0. The van der Waals surface area contributed by atoms with Gasteiger partial charge in [0.25, 0.3) is 0 Å². The molecule has 1 nitrogen and oxygen atoms in total. The molecular weight excluding hydrogens is 298 g/mol. The summed E-state index contributed by atoms with van der Waals surface area (Å²) in [5.74, 6) is -1.42. The number of H-pyrrole nitrogens is 1. The van der Waals surface area contributed by atoms with Gasteiger partial charge in [0.05, 0.1) is 16.0 Å². The van der Waals surface area contributed by atoms with E-state index in [1.54, 1.807) is 12.1 Å². The van der Waals surface area contributed by atoms with Crippen molar-refractivity contribution in [3.63, 3.8) is 0 Å². The van der Waals surface area contributed by atoms with Crippen LogP contribution in [0.1, 0.15) is 30.0 Å². The third-order valence-corrected chi connectivity index (χ3v) is 4.37. The largest absolute Gasteiger partial charge is 0.397 e. The number of benzene rings is 1. The van der Waals surface area contributed by atoms with E-state index in [4.69, 9.17) is 23.2 Å². The summed E-state index contributed by atoms with van der Waals surface area (Å²) in [7, 11) is 0. The van der Waals surface area contributed by atoms with Crippen molar-refractivity contribution in [2.24, 2.45) is 0 Å². The van der Waals surface area contributed by atoms with E-state index in [1.165, 1.54) is 0 Å². The Morgan fingerprint density at radius 2 is 1.84 bits per heavy atom. The first-order valence-electron chi connectivity index (χ1n) is 5.94. The Morgan fingerprint density at radius 1 is 1.16 bits per heavy atom. The summed E-state index contributed by atoms with van der Waals surface area (Å²) in [4.78, 5) is 2.88. The predicted octanol–water partition coefficient (Wildman–Crippen LogP) is 5.46. The van der Waals surface area contributed by atoms with E-state index >= 15 is 0 Å². The van der Waals surface area contributed by atoms with Crippen LogP contribution in [0.5, 0.6) is 0 Å². The van der Waals surface area contributed by atoms with Crippen molar-refractivity contribution in [1.29, 1.82) is 0 Å². The lowest BCUT2D eigenvalue weighted by Crippen LogP contribution is -2.24. The van der Waals surface area contributed by atoms with Crippen molar-refractivity contribution in [3.05, 3.63) is 33.4 Å². The molecule has 0 unspecified atom stereocenters. The average Bonchev–Trinajstić information content (AvgIpc) is 2.66. The molecule has 3 rings (SSSR count). The SMILES string of the molecule is FC(F)(F)[C@@H]1CCCc2c1[nH]c1cc(Cl)c(Cl)cc21. The van der Waals surface area contributed by atoms with Gasteiger partial charge in [-0.25, -0.2) is 0 Å². The fourth-order valence-corrected chi connectivity index (χ4v) is 3.11. The van der Waals surface area contributed by atoms with E-state index in [1.807, 2.05) is 0 Å². The highest BCUT2D eigenvalue weighted by molar-refractivity contribution is 6.42. The summed E-state index contributed by atoms with van der Waals surface area (Å²) in [5, 5.41) is 1.46. The maximum Gasteiger partial charge on any atom is 0.397 e. The number of aromatic nitrogens is 1. The zero-order chi connectivity index (χ0) is 13.8. The third kappa shape index (κ3) is 2.11. The van der Waals surface area contributed by atoms with Crippen molar-refractivity contribution < 1.29 is 13.2 Å². The van der Waals surface area contributed by atoms with Crippen LogP contribution >= 0.6 is 23.2 Å². The normalized spacial score (nSPS) is 19.7. The Kier molecular flexibility index (Phi) is 2.98. The number of rotatable bonds is 0. The molecule has 1 aliphatic rings. The topological polar surface area (TPSA) is 15.8 Å². The van der Waals surface area contributed by atoms with Gasteiger partial charge in [-0.05, 0) is 37.0 Å². The van der Waals surface area contributed by atoms with Gasteiger partial charge in [-0.3, -0.25) is 0 Å². The molecule has 0 amide bonds. The van der Waals surface area contributed by atoms with Crippen LogP contribution < -0.4 is 0 Å². The fraction of sp³-hybridized carbons (Fsp3) is 0.385. The minimum atomic E-state index is -4.22. The molecule has 1 N–H and O–H groups in total. The van der Waals surface area contributed by atoms with Gasteiger partial charge in [-0.1, -0.05) is 23.2 Å². The number of nitrogens with one attached hydrogen (secondary N) is 1. The molecule has 0 spiro atoms. The molecule has 1 aromatic heterocycles. The molecule has 0 saturated heterocycles. The van der Waals surface area contributed by atoms with Crippen molar-refractivity contribution in [2.45, 2.75) is 31.4 Å². The van der Waals surface area contributed by atoms with Gasteiger partial charge in [0.1, 0.15) is 0 Å². The number of halogens is 5. The molecule has 0 aliphatic heterocycles.